The highest BCUT2D eigenvalue weighted by Gasteiger charge is 2.45. The molecule has 2 saturated carbocycles. The van der Waals surface area contributed by atoms with Gasteiger partial charge >= 0.3 is 0 Å². The zero-order valence-corrected chi connectivity index (χ0v) is 20.8. The van der Waals surface area contributed by atoms with Crippen LogP contribution in [0.5, 0.6) is 0 Å². The van der Waals surface area contributed by atoms with Crippen LogP contribution in [0.25, 0.3) is 22.1 Å². The van der Waals surface area contributed by atoms with Gasteiger partial charge in [0.05, 0.1) is 16.6 Å². The van der Waals surface area contributed by atoms with E-state index < -0.39 is 11.1 Å². The van der Waals surface area contributed by atoms with Gasteiger partial charge in [-0.3, -0.25) is 10.1 Å². The van der Waals surface area contributed by atoms with Gasteiger partial charge in [-0.05, 0) is 67.3 Å². The molecule has 176 valence electrons. The largest absolute Gasteiger partial charge is 0.449 e. The van der Waals surface area contributed by atoms with Crippen molar-refractivity contribution in [3.8, 4) is 17.2 Å². The number of carbonyl (C=O) groups is 1. The number of nitrogens with one attached hydrogen (secondary N) is 2. The van der Waals surface area contributed by atoms with Crippen molar-refractivity contribution in [1.29, 1.82) is 5.26 Å². The van der Waals surface area contributed by atoms with Gasteiger partial charge in [0, 0.05) is 16.8 Å². The van der Waals surface area contributed by atoms with Crippen LogP contribution < -0.4 is 10.6 Å². The van der Waals surface area contributed by atoms with Gasteiger partial charge in [-0.15, -0.1) is 11.8 Å². The van der Waals surface area contributed by atoms with Crippen molar-refractivity contribution in [2.24, 2.45) is 0 Å². The number of fused-ring (bicyclic) bond motifs is 1. The number of nitriles is 1. The van der Waals surface area contributed by atoms with E-state index in [0.29, 0.717) is 17.2 Å². The maximum absolute atomic E-state index is 13.4. The summed E-state index contributed by atoms with van der Waals surface area (Å²) in [7, 11) is 0. The average Bonchev–Trinajstić information content (AvgIpc) is 3.59. The molecule has 2 aromatic carbocycles. The first-order chi connectivity index (χ1) is 16.5. The Morgan fingerprint density at radius 2 is 1.79 bits per heavy atom. The van der Waals surface area contributed by atoms with Crippen molar-refractivity contribution in [2.45, 2.75) is 60.9 Å². The van der Waals surface area contributed by atoms with Gasteiger partial charge in [-0.1, -0.05) is 49.1 Å². The second-order valence-electron chi connectivity index (χ2n) is 9.53. The lowest BCUT2D eigenvalue weighted by atomic mass is 9.81. The first-order valence-corrected chi connectivity index (χ1v) is 13.4. The second kappa shape index (κ2) is 9.30. The van der Waals surface area contributed by atoms with E-state index in [0.717, 1.165) is 61.5 Å². The molecule has 2 N–H and O–H groups in total. The molecule has 0 bridgehead atoms. The van der Waals surface area contributed by atoms with Crippen LogP contribution >= 0.6 is 23.4 Å². The van der Waals surface area contributed by atoms with Crippen LogP contribution in [0, 0.1) is 11.3 Å². The minimum absolute atomic E-state index is 0.151. The lowest BCUT2D eigenvalue weighted by molar-refractivity contribution is 0.0838. The molecular weight excluding hydrogens is 466 g/mol. The number of furan rings is 1. The normalized spacial score (nSPS) is 18.4. The Morgan fingerprint density at radius 3 is 2.44 bits per heavy atom. The Hall–Kier alpha value is -2.46. The smallest absolute Gasteiger partial charge is 0.289 e. The predicted octanol–water partition coefficient (Wildman–Crippen LogP) is 6.55. The Labute approximate surface area is 209 Å². The molecular formula is C27H28ClN3O2S. The van der Waals surface area contributed by atoms with E-state index in [-0.39, 0.29) is 11.7 Å². The summed E-state index contributed by atoms with van der Waals surface area (Å²) in [5, 5.41) is 17.2. The zero-order valence-electron chi connectivity index (χ0n) is 19.2. The summed E-state index contributed by atoms with van der Waals surface area (Å²) in [6.45, 7) is 0.584. The fourth-order valence-corrected chi connectivity index (χ4v) is 5.53. The first kappa shape index (κ1) is 23.3. The Bertz CT molecular complexity index is 1250. The molecule has 0 unspecified atom stereocenters. The molecule has 7 heteroatoms. The predicted molar refractivity (Wildman–Crippen MR) is 137 cm³/mol. The molecule has 0 radical (unpaired) electrons. The molecule has 0 aliphatic heterocycles. The summed E-state index contributed by atoms with van der Waals surface area (Å²) in [6, 6.07) is 16.6. The van der Waals surface area contributed by atoms with Gasteiger partial charge in [-0.25, -0.2) is 0 Å². The van der Waals surface area contributed by atoms with E-state index in [2.05, 4.69) is 47.2 Å². The number of benzene rings is 2. The van der Waals surface area contributed by atoms with E-state index in [9.17, 15) is 10.1 Å². The van der Waals surface area contributed by atoms with Crippen molar-refractivity contribution in [3.05, 3.63) is 53.2 Å². The fraction of sp³-hybridized carbons (Fsp3) is 0.407. The molecule has 1 aromatic heterocycles. The average molecular weight is 494 g/mol. The van der Waals surface area contributed by atoms with E-state index in [4.69, 9.17) is 16.0 Å². The molecule has 2 aliphatic carbocycles. The van der Waals surface area contributed by atoms with Crippen LogP contribution in [-0.4, -0.2) is 29.8 Å². The molecule has 2 aliphatic rings. The number of thioether (sulfide) groups is 1. The molecule has 2 fully saturated rings. The number of hydrogen-bond donors (Lipinski definition) is 2. The van der Waals surface area contributed by atoms with E-state index in [1.165, 1.54) is 4.90 Å². The maximum atomic E-state index is 13.4. The van der Waals surface area contributed by atoms with E-state index in [1.807, 2.05) is 18.2 Å². The SMILES string of the molecule is CSc1ccc(-c2ccc3c(Cl)c(C(=O)NC4(CNC5(C#N)CC5)CCCCC4)oc3c2)cc1. The van der Waals surface area contributed by atoms with Crippen molar-refractivity contribution >= 4 is 40.2 Å². The van der Waals surface area contributed by atoms with Crippen LogP contribution in [0.1, 0.15) is 55.5 Å². The van der Waals surface area contributed by atoms with Gasteiger partial charge in [-0.2, -0.15) is 5.26 Å². The Kier molecular flexibility index (Phi) is 6.37. The van der Waals surface area contributed by atoms with Crippen LogP contribution in [0.15, 0.2) is 51.8 Å². The van der Waals surface area contributed by atoms with Crippen molar-refractivity contribution in [2.75, 3.05) is 12.8 Å². The summed E-state index contributed by atoms with van der Waals surface area (Å²) >= 11 is 8.33. The highest BCUT2D eigenvalue weighted by atomic mass is 35.5. The van der Waals surface area contributed by atoms with Crippen molar-refractivity contribution < 1.29 is 9.21 Å². The first-order valence-electron chi connectivity index (χ1n) is 11.8. The fourth-order valence-electron chi connectivity index (χ4n) is 4.84. The molecule has 3 aromatic rings. The second-order valence-corrected chi connectivity index (χ2v) is 10.8. The number of halogens is 1. The molecule has 5 nitrogen and oxygen atoms in total. The standard InChI is InChI=1S/C27H28ClN3O2S/c1-34-20-8-5-18(6-9-20)19-7-10-21-22(15-19)33-24(23(21)28)25(32)31-27(11-3-2-4-12-27)17-30-26(16-29)13-14-26/h5-10,15,30H,2-4,11-14,17H2,1H3,(H,31,32). The number of amides is 1. The minimum Gasteiger partial charge on any atom is -0.449 e. The molecule has 0 saturated heterocycles. The molecule has 5 rings (SSSR count). The van der Waals surface area contributed by atoms with Gasteiger partial charge in [0.1, 0.15) is 11.1 Å². The molecule has 1 heterocycles. The van der Waals surface area contributed by atoms with E-state index in [1.54, 1.807) is 11.8 Å². The summed E-state index contributed by atoms with van der Waals surface area (Å²) in [4.78, 5) is 14.6. The molecule has 0 atom stereocenters. The Balaban J connectivity index is 1.39. The number of rotatable bonds is 7. The van der Waals surface area contributed by atoms with Gasteiger partial charge in [0.25, 0.3) is 5.91 Å². The molecule has 0 spiro atoms. The summed E-state index contributed by atoms with van der Waals surface area (Å²) in [5.74, 6) is -0.143. The third-order valence-corrected chi connectivity index (χ3v) is 8.30. The quantitative estimate of drug-likeness (QED) is 0.365. The van der Waals surface area contributed by atoms with Crippen LogP contribution in [-0.2, 0) is 0 Å². The number of nitrogens with zero attached hydrogens (tertiary/aromatic N) is 1. The van der Waals surface area contributed by atoms with E-state index >= 15 is 0 Å². The lowest BCUT2D eigenvalue weighted by Gasteiger charge is -2.38. The maximum Gasteiger partial charge on any atom is 0.289 e. The van der Waals surface area contributed by atoms with Crippen LogP contribution in [0.3, 0.4) is 0 Å². The van der Waals surface area contributed by atoms with Gasteiger partial charge < -0.3 is 9.73 Å². The van der Waals surface area contributed by atoms with Gasteiger partial charge in [0.2, 0.25) is 5.76 Å². The minimum atomic E-state index is -0.420. The third kappa shape index (κ3) is 4.57. The van der Waals surface area contributed by atoms with Crippen molar-refractivity contribution in [3.63, 3.8) is 0 Å². The topological polar surface area (TPSA) is 78.1 Å². The highest BCUT2D eigenvalue weighted by molar-refractivity contribution is 7.98. The molecule has 1 amide bonds. The Morgan fingerprint density at radius 1 is 1.09 bits per heavy atom. The summed E-state index contributed by atoms with van der Waals surface area (Å²) in [6.07, 6.45) is 8.80. The van der Waals surface area contributed by atoms with Crippen LogP contribution in [0.2, 0.25) is 5.02 Å². The number of carbonyl (C=O) groups excluding carboxylic acids is 1. The number of hydrogen-bond acceptors (Lipinski definition) is 5. The van der Waals surface area contributed by atoms with Crippen molar-refractivity contribution in [1.82, 2.24) is 10.6 Å². The summed E-state index contributed by atoms with van der Waals surface area (Å²) < 4.78 is 6.01. The van der Waals surface area contributed by atoms with Crippen LogP contribution in [0.4, 0.5) is 0 Å². The highest BCUT2D eigenvalue weighted by Crippen LogP contribution is 2.37. The lowest BCUT2D eigenvalue weighted by Crippen LogP contribution is -2.57. The molecule has 34 heavy (non-hydrogen) atoms. The van der Waals surface area contributed by atoms with Gasteiger partial charge in [0.15, 0.2) is 0 Å². The summed E-state index contributed by atoms with van der Waals surface area (Å²) in [5.41, 5.74) is 1.87. The monoisotopic (exact) mass is 493 g/mol. The third-order valence-electron chi connectivity index (χ3n) is 7.18. The zero-order chi connectivity index (χ0) is 23.8.